The minimum atomic E-state index is 0.205. The van der Waals surface area contributed by atoms with Crippen LogP contribution in [0.2, 0.25) is 0 Å². The van der Waals surface area contributed by atoms with E-state index in [0.717, 1.165) is 12.5 Å². The molecule has 0 bridgehead atoms. The molecule has 0 amide bonds. The molecule has 0 aromatic heterocycles. The molecule has 2 heteroatoms. The molecule has 23 heavy (non-hydrogen) atoms. The summed E-state index contributed by atoms with van der Waals surface area (Å²) in [6.07, 6.45) is 12.3. The summed E-state index contributed by atoms with van der Waals surface area (Å²) in [6, 6.07) is 11.0. The zero-order chi connectivity index (χ0) is 16.3. The summed E-state index contributed by atoms with van der Waals surface area (Å²) in [5.41, 5.74) is 8.35. The lowest BCUT2D eigenvalue weighted by Gasteiger charge is -2.51. The van der Waals surface area contributed by atoms with Gasteiger partial charge in [0.05, 0.1) is 0 Å². The molecule has 2 saturated carbocycles. The van der Waals surface area contributed by atoms with Crippen LogP contribution in [-0.2, 0) is 5.41 Å². The highest BCUT2D eigenvalue weighted by molar-refractivity contribution is 5.27. The third-order valence-electron chi connectivity index (χ3n) is 7.01. The van der Waals surface area contributed by atoms with Crippen molar-refractivity contribution in [2.45, 2.75) is 68.7 Å². The second kappa shape index (κ2) is 6.94. The van der Waals surface area contributed by atoms with E-state index in [-0.39, 0.29) is 5.41 Å². The van der Waals surface area contributed by atoms with Gasteiger partial charge in [0.1, 0.15) is 0 Å². The zero-order valence-electron chi connectivity index (χ0n) is 15.1. The van der Waals surface area contributed by atoms with Crippen molar-refractivity contribution in [2.24, 2.45) is 11.7 Å². The Kier molecular flexibility index (Phi) is 5.13. The minimum absolute atomic E-state index is 0.205. The topological polar surface area (TPSA) is 29.3 Å². The van der Waals surface area contributed by atoms with Crippen molar-refractivity contribution < 1.29 is 0 Å². The third kappa shape index (κ3) is 3.34. The summed E-state index contributed by atoms with van der Waals surface area (Å²) < 4.78 is 0. The number of hydrogen-bond donors (Lipinski definition) is 1. The predicted octanol–water partition coefficient (Wildman–Crippen LogP) is 4.34. The molecule has 128 valence electrons. The van der Waals surface area contributed by atoms with Gasteiger partial charge in [0.25, 0.3) is 0 Å². The average Bonchev–Trinajstić information content (AvgIpc) is 3.09. The Labute approximate surface area is 142 Å². The predicted molar refractivity (Wildman–Crippen MR) is 98.6 cm³/mol. The van der Waals surface area contributed by atoms with Crippen molar-refractivity contribution in [3.8, 4) is 0 Å². The van der Waals surface area contributed by atoms with E-state index < -0.39 is 0 Å². The highest BCUT2D eigenvalue weighted by Gasteiger charge is 2.45. The first-order chi connectivity index (χ1) is 11.1. The van der Waals surface area contributed by atoms with Gasteiger partial charge < -0.3 is 10.6 Å². The van der Waals surface area contributed by atoms with Crippen LogP contribution in [0, 0.1) is 5.92 Å². The first-order valence-corrected chi connectivity index (χ1v) is 9.53. The largest absolute Gasteiger partial charge is 0.330 e. The fraction of sp³-hybridized carbons (Fsp3) is 0.714. The number of hydrogen-bond acceptors (Lipinski definition) is 2. The quantitative estimate of drug-likeness (QED) is 0.876. The highest BCUT2D eigenvalue weighted by Crippen LogP contribution is 2.48. The summed E-state index contributed by atoms with van der Waals surface area (Å²) in [5.74, 6) is 0.958. The maximum atomic E-state index is 6.28. The van der Waals surface area contributed by atoms with Crippen LogP contribution < -0.4 is 5.73 Å². The Hall–Kier alpha value is -0.860. The van der Waals surface area contributed by atoms with Crippen LogP contribution in [0.4, 0.5) is 0 Å². The molecule has 2 nitrogen and oxygen atoms in total. The second-order valence-corrected chi connectivity index (χ2v) is 8.32. The molecule has 2 N–H and O–H groups in total. The first-order valence-electron chi connectivity index (χ1n) is 9.53. The number of benzene rings is 1. The molecule has 1 aromatic carbocycles. The van der Waals surface area contributed by atoms with Gasteiger partial charge in [0.15, 0.2) is 0 Å². The Morgan fingerprint density at radius 2 is 1.61 bits per heavy atom. The molecule has 0 spiro atoms. The van der Waals surface area contributed by atoms with Crippen molar-refractivity contribution in [3.05, 3.63) is 35.9 Å². The van der Waals surface area contributed by atoms with Gasteiger partial charge in [-0.25, -0.2) is 0 Å². The van der Waals surface area contributed by atoms with E-state index in [4.69, 9.17) is 5.73 Å². The SMILES string of the molecule is CN(C)C1(CC2CCCC2)CCC(CN)(c2ccccc2)CC1. The van der Waals surface area contributed by atoms with Gasteiger partial charge in [-0.15, -0.1) is 0 Å². The van der Waals surface area contributed by atoms with Gasteiger partial charge in [0, 0.05) is 17.5 Å². The minimum Gasteiger partial charge on any atom is -0.330 e. The monoisotopic (exact) mass is 314 g/mol. The van der Waals surface area contributed by atoms with E-state index in [1.807, 2.05) is 0 Å². The normalized spacial score (nSPS) is 32.5. The van der Waals surface area contributed by atoms with Crippen LogP contribution in [0.25, 0.3) is 0 Å². The highest BCUT2D eigenvalue weighted by atomic mass is 15.1. The second-order valence-electron chi connectivity index (χ2n) is 8.32. The van der Waals surface area contributed by atoms with Crippen molar-refractivity contribution in [2.75, 3.05) is 20.6 Å². The Bertz CT molecular complexity index is 480. The summed E-state index contributed by atoms with van der Waals surface area (Å²) in [4.78, 5) is 2.54. The van der Waals surface area contributed by atoms with Crippen molar-refractivity contribution in [3.63, 3.8) is 0 Å². The summed E-state index contributed by atoms with van der Waals surface area (Å²) >= 11 is 0. The van der Waals surface area contributed by atoms with Gasteiger partial charge in [-0.3, -0.25) is 0 Å². The lowest BCUT2D eigenvalue weighted by atomic mass is 9.62. The number of nitrogens with two attached hydrogens (primary N) is 1. The zero-order valence-corrected chi connectivity index (χ0v) is 15.1. The molecule has 0 aliphatic heterocycles. The van der Waals surface area contributed by atoms with Crippen LogP contribution in [0.5, 0.6) is 0 Å². The van der Waals surface area contributed by atoms with E-state index in [1.165, 1.54) is 63.4 Å². The Morgan fingerprint density at radius 1 is 1.00 bits per heavy atom. The Morgan fingerprint density at radius 3 is 2.13 bits per heavy atom. The smallest absolute Gasteiger partial charge is 0.0206 e. The molecular formula is C21H34N2. The molecule has 2 aliphatic carbocycles. The van der Waals surface area contributed by atoms with Crippen molar-refractivity contribution in [1.29, 1.82) is 0 Å². The van der Waals surface area contributed by atoms with Crippen LogP contribution in [0.3, 0.4) is 0 Å². The molecule has 2 aliphatic rings. The van der Waals surface area contributed by atoms with Gasteiger partial charge in [-0.05, 0) is 57.7 Å². The van der Waals surface area contributed by atoms with Gasteiger partial charge in [-0.1, -0.05) is 56.0 Å². The third-order valence-corrected chi connectivity index (χ3v) is 7.01. The van der Waals surface area contributed by atoms with Gasteiger partial charge in [-0.2, -0.15) is 0 Å². The van der Waals surface area contributed by atoms with Crippen molar-refractivity contribution >= 4 is 0 Å². The van der Waals surface area contributed by atoms with E-state index in [0.29, 0.717) is 5.54 Å². The molecule has 0 radical (unpaired) electrons. The molecule has 3 rings (SSSR count). The number of rotatable bonds is 5. The van der Waals surface area contributed by atoms with Gasteiger partial charge in [0.2, 0.25) is 0 Å². The average molecular weight is 315 g/mol. The fourth-order valence-corrected chi connectivity index (χ4v) is 5.18. The summed E-state index contributed by atoms with van der Waals surface area (Å²) in [7, 11) is 4.60. The van der Waals surface area contributed by atoms with Gasteiger partial charge >= 0.3 is 0 Å². The molecule has 0 unspecified atom stereocenters. The molecule has 2 fully saturated rings. The van der Waals surface area contributed by atoms with E-state index >= 15 is 0 Å². The lowest BCUT2D eigenvalue weighted by molar-refractivity contribution is 0.0463. The summed E-state index contributed by atoms with van der Waals surface area (Å²) in [5, 5.41) is 0. The van der Waals surface area contributed by atoms with Crippen LogP contribution in [0.1, 0.15) is 63.4 Å². The first kappa shape index (κ1) is 17.0. The van der Waals surface area contributed by atoms with Crippen LogP contribution in [-0.4, -0.2) is 31.1 Å². The van der Waals surface area contributed by atoms with Crippen LogP contribution >= 0.6 is 0 Å². The Balaban J connectivity index is 1.75. The lowest BCUT2D eigenvalue weighted by Crippen LogP contribution is -2.52. The van der Waals surface area contributed by atoms with E-state index in [9.17, 15) is 0 Å². The van der Waals surface area contributed by atoms with E-state index in [1.54, 1.807) is 0 Å². The molecular weight excluding hydrogens is 280 g/mol. The maximum Gasteiger partial charge on any atom is 0.0206 e. The molecule has 0 saturated heterocycles. The van der Waals surface area contributed by atoms with Crippen LogP contribution in [0.15, 0.2) is 30.3 Å². The molecule has 1 aromatic rings. The maximum absolute atomic E-state index is 6.28. The fourth-order valence-electron chi connectivity index (χ4n) is 5.18. The summed E-state index contributed by atoms with van der Waals surface area (Å²) in [6.45, 7) is 0.782. The van der Waals surface area contributed by atoms with Crippen molar-refractivity contribution in [1.82, 2.24) is 4.90 Å². The standard InChI is InChI=1S/C21H34N2/c1-23(2)21(16-18-8-6-7-9-18)14-12-20(17-22,13-15-21)19-10-4-3-5-11-19/h3-5,10-11,18H,6-9,12-17,22H2,1-2H3. The molecule has 0 atom stereocenters. The van der Waals surface area contributed by atoms with E-state index in [2.05, 4.69) is 49.3 Å². The number of nitrogens with zero attached hydrogens (tertiary/aromatic N) is 1. The molecule has 0 heterocycles.